The highest BCUT2D eigenvalue weighted by Gasteiger charge is 2.15. The molecule has 0 aliphatic heterocycles. The Morgan fingerprint density at radius 3 is 2.57 bits per heavy atom. The topological polar surface area (TPSA) is 39.2 Å². The van der Waals surface area contributed by atoms with Gasteiger partial charge in [0.05, 0.1) is 17.6 Å². The third kappa shape index (κ3) is 3.89. The van der Waals surface area contributed by atoms with Gasteiger partial charge < -0.3 is 4.74 Å². The minimum Gasteiger partial charge on any atom is -0.481 e. The molecular weight excluding hydrogens is 462 g/mol. The van der Waals surface area contributed by atoms with Crippen molar-refractivity contribution in [2.45, 2.75) is 0 Å². The van der Waals surface area contributed by atoms with Crippen molar-refractivity contribution < 1.29 is 9.53 Å². The number of aromatic nitrogens is 1. The SMILES string of the molecule is C=Cc1cccc(-c2cc(OC)nc3ccc(C(=O)c4ccc(Cl)c(Br)c4)cc23)c1. The predicted molar refractivity (Wildman–Crippen MR) is 126 cm³/mol. The number of rotatable bonds is 5. The largest absolute Gasteiger partial charge is 0.481 e. The number of methoxy groups -OCH3 is 1. The Kier molecular flexibility index (Phi) is 5.71. The Bertz CT molecular complexity index is 1300. The van der Waals surface area contributed by atoms with Gasteiger partial charge in [0.2, 0.25) is 5.88 Å². The van der Waals surface area contributed by atoms with Gasteiger partial charge >= 0.3 is 0 Å². The quantitative estimate of drug-likeness (QED) is 0.285. The zero-order valence-electron chi connectivity index (χ0n) is 16.2. The molecule has 0 fully saturated rings. The minimum absolute atomic E-state index is 0.0872. The van der Waals surface area contributed by atoms with Crippen LogP contribution in [0.4, 0.5) is 0 Å². The van der Waals surface area contributed by atoms with Gasteiger partial charge in [-0.3, -0.25) is 4.79 Å². The monoisotopic (exact) mass is 477 g/mol. The molecule has 0 N–H and O–H groups in total. The second kappa shape index (κ2) is 8.42. The number of carbonyl (C=O) groups is 1. The molecular formula is C25H17BrClNO2. The second-order valence-corrected chi connectivity index (χ2v) is 7.99. The minimum atomic E-state index is -0.0872. The Balaban J connectivity index is 1.89. The number of halogens is 2. The van der Waals surface area contributed by atoms with E-state index in [1.54, 1.807) is 37.5 Å². The molecule has 0 radical (unpaired) electrons. The smallest absolute Gasteiger partial charge is 0.214 e. The van der Waals surface area contributed by atoms with Gasteiger partial charge in [-0.2, -0.15) is 0 Å². The molecule has 3 aromatic carbocycles. The number of ether oxygens (including phenoxy) is 1. The van der Waals surface area contributed by atoms with Crippen LogP contribution in [0.25, 0.3) is 28.1 Å². The molecule has 0 unspecified atom stereocenters. The van der Waals surface area contributed by atoms with Gasteiger partial charge in [-0.05, 0) is 75.1 Å². The molecule has 0 atom stereocenters. The van der Waals surface area contributed by atoms with Crippen molar-refractivity contribution in [2.75, 3.05) is 7.11 Å². The first kappa shape index (κ1) is 20.3. The van der Waals surface area contributed by atoms with Crippen molar-refractivity contribution in [3.8, 4) is 17.0 Å². The van der Waals surface area contributed by atoms with E-state index in [1.807, 2.05) is 42.5 Å². The van der Waals surface area contributed by atoms with E-state index in [9.17, 15) is 4.79 Å². The van der Waals surface area contributed by atoms with E-state index in [-0.39, 0.29) is 5.78 Å². The molecule has 5 heteroatoms. The van der Waals surface area contributed by atoms with Crippen LogP contribution in [-0.2, 0) is 0 Å². The van der Waals surface area contributed by atoms with Crippen LogP contribution < -0.4 is 4.74 Å². The third-order valence-electron chi connectivity index (χ3n) is 4.87. The van der Waals surface area contributed by atoms with E-state index >= 15 is 0 Å². The van der Waals surface area contributed by atoms with Crippen molar-refractivity contribution >= 4 is 50.3 Å². The van der Waals surface area contributed by atoms with Gasteiger partial charge in [0.15, 0.2) is 5.78 Å². The van der Waals surface area contributed by atoms with E-state index in [4.69, 9.17) is 16.3 Å². The highest BCUT2D eigenvalue weighted by atomic mass is 79.9. The van der Waals surface area contributed by atoms with Crippen LogP contribution in [-0.4, -0.2) is 17.9 Å². The molecule has 3 nitrogen and oxygen atoms in total. The second-order valence-electron chi connectivity index (χ2n) is 6.73. The fraction of sp³-hybridized carbons (Fsp3) is 0.0400. The fourth-order valence-corrected chi connectivity index (χ4v) is 3.82. The molecule has 30 heavy (non-hydrogen) atoms. The normalized spacial score (nSPS) is 10.8. The van der Waals surface area contributed by atoms with Gasteiger partial charge in [-0.15, -0.1) is 0 Å². The molecule has 0 saturated heterocycles. The zero-order valence-corrected chi connectivity index (χ0v) is 18.5. The molecule has 0 amide bonds. The lowest BCUT2D eigenvalue weighted by atomic mass is 9.96. The summed E-state index contributed by atoms with van der Waals surface area (Å²) in [7, 11) is 1.59. The number of ketones is 1. The average Bonchev–Trinajstić information content (AvgIpc) is 2.79. The number of carbonyl (C=O) groups excluding carboxylic acids is 1. The van der Waals surface area contributed by atoms with E-state index in [2.05, 4.69) is 27.5 Å². The lowest BCUT2D eigenvalue weighted by molar-refractivity contribution is 0.103. The first-order valence-electron chi connectivity index (χ1n) is 9.21. The molecule has 0 spiro atoms. The van der Waals surface area contributed by atoms with E-state index in [1.165, 1.54) is 0 Å². The van der Waals surface area contributed by atoms with Gasteiger partial charge in [0.1, 0.15) is 0 Å². The molecule has 4 aromatic rings. The summed E-state index contributed by atoms with van der Waals surface area (Å²) in [6.07, 6.45) is 1.80. The first-order valence-corrected chi connectivity index (χ1v) is 10.4. The Hall–Kier alpha value is -2.95. The molecule has 4 rings (SSSR count). The first-order chi connectivity index (χ1) is 14.5. The summed E-state index contributed by atoms with van der Waals surface area (Å²) in [4.78, 5) is 17.6. The number of fused-ring (bicyclic) bond motifs is 1. The molecule has 1 aromatic heterocycles. The van der Waals surface area contributed by atoms with Crippen LogP contribution in [0.1, 0.15) is 21.5 Å². The summed E-state index contributed by atoms with van der Waals surface area (Å²) in [5.74, 6) is 0.429. The van der Waals surface area contributed by atoms with Crippen LogP contribution in [0, 0.1) is 0 Å². The number of benzene rings is 3. The molecule has 0 aliphatic rings. The maximum atomic E-state index is 13.1. The fourth-order valence-electron chi connectivity index (χ4n) is 3.32. The Morgan fingerprint density at radius 2 is 1.83 bits per heavy atom. The lowest BCUT2D eigenvalue weighted by Crippen LogP contribution is -2.02. The summed E-state index contributed by atoms with van der Waals surface area (Å²) in [5, 5.41) is 1.43. The average molecular weight is 479 g/mol. The van der Waals surface area contributed by atoms with Crippen LogP contribution >= 0.6 is 27.5 Å². The Labute approximate surface area is 188 Å². The van der Waals surface area contributed by atoms with Gasteiger partial charge in [-0.25, -0.2) is 4.98 Å². The number of pyridine rings is 1. The summed E-state index contributed by atoms with van der Waals surface area (Å²) in [5.41, 5.74) is 4.83. The van der Waals surface area contributed by atoms with Crippen molar-refractivity contribution in [2.24, 2.45) is 0 Å². The summed E-state index contributed by atoms with van der Waals surface area (Å²) >= 11 is 9.45. The third-order valence-corrected chi connectivity index (χ3v) is 6.09. The van der Waals surface area contributed by atoms with E-state index in [0.717, 1.165) is 27.6 Å². The standard InChI is InChI=1S/C25H17BrClNO2/c1-3-15-5-4-6-16(11-15)19-14-24(30-2)28-23-10-8-17(12-20(19)23)25(29)18-7-9-22(27)21(26)13-18/h3-14H,1H2,2H3. The Morgan fingerprint density at radius 1 is 1.07 bits per heavy atom. The van der Waals surface area contributed by atoms with Crippen molar-refractivity contribution in [1.29, 1.82) is 0 Å². The van der Waals surface area contributed by atoms with Crippen LogP contribution in [0.2, 0.25) is 5.02 Å². The molecule has 148 valence electrons. The van der Waals surface area contributed by atoms with E-state index in [0.29, 0.717) is 26.5 Å². The van der Waals surface area contributed by atoms with Crippen molar-refractivity contribution in [3.05, 3.63) is 99.5 Å². The lowest BCUT2D eigenvalue weighted by Gasteiger charge is -2.12. The van der Waals surface area contributed by atoms with Crippen LogP contribution in [0.3, 0.4) is 0 Å². The maximum Gasteiger partial charge on any atom is 0.214 e. The van der Waals surface area contributed by atoms with Crippen molar-refractivity contribution in [3.63, 3.8) is 0 Å². The van der Waals surface area contributed by atoms with Gasteiger partial charge in [-0.1, -0.05) is 42.5 Å². The maximum absolute atomic E-state index is 13.1. The summed E-state index contributed by atoms with van der Waals surface area (Å²) in [6, 6.07) is 20.6. The zero-order chi connectivity index (χ0) is 21.3. The number of nitrogens with zero attached hydrogens (tertiary/aromatic N) is 1. The predicted octanol–water partition coefficient (Wildman–Crippen LogP) is 7.20. The van der Waals surface area contributed by atoms with Gasteiger partial charge in [0.25, 0.3) is 0 Å². The van der Waals surface area contributed by atoms with Crippen molar-refractivity contribution in [1.82, 2.24) is 4.98 Å². The number of hydrogen-bond donors (Lipinski definition) is 0. The number of hydrogen-bond acceptors (Lipinski definition) is 3. The molecule has 0 saturated carbocycles. The highest BCUT2D eigenvalue weighted by Crippen LogP contribution is 2.33. The van der Waals surface area contributed by atoms with Crippen LogP contribution in [0.15, 0.2) is 77.8 Å². The molecule has 0 bridgehead atoms. The van der Waals surface area contributed by atoms with E-state index < -0.39 is 0 Å². The van der Waals surface area contributed by atoms with Crippen LogP contribution in [0.5, 0.6) is 5.88 Å². The molecule has 1 heterocycles. The summed E-state index contributed by atoms with van der Waals surface area (Å²) in [6.45, 7) is 3.85. The van der Waals surface area contributed by atoms with Gasteiger partial charge in [0, 0.05) is 27.1 Å². The summed E-state index contributed by atoms with van der Waals surface area (Å²) < 4.78 is 6.08. The molecule has 0 aliphatic carbocycles. The highest BCUT2D eigenvalue weighted by molar-refractivity contribution is 9.10.